The Morgan fingerprint density at radius 2 is 1.65 bits per heavy atom. The standard InChI is InChI=1S/C26H21N5O4S2/c32-25(28-21-8-12-23(13-9-21)37(33,34)30-26-27-15-17-36-26)24-14-16-31(29-24)18-35-22-10-6-20(7-11-22)19-4-2-1-3-5-19/h1-17H,18H2,(H,27,30)(H,28,32). The molecule has 3 aromatic carbocycles. The van der Waals surface area contributed by atoms with E-state index in [1.165, 1.54) is 46.5 Å². The largest absolute Gasteiger partial charge is 0.471 e. The highest BCUT2D eigenvalue weighted by Crippen LogP contribution is 2.22. The molecule has 186 valence electrons. The fourth-order valence-corrected chi connectivity index (χ4v) is 5.22. The van der Waals surface area contributed by atoms with Gasteiger partial charge in [-0.1, -0.05) is 42.5 Å². The van der Waals surface area contributed by atoms with Crippen LogP contribution in [0.2, 0.25) is 0 Å². The lowest BCUT2D eigenvalue weighted by atomic mass is 10.1. The van der Waals surface area contributed by atoms with Gasteiger partial charge in [-0.2, -0.15) is 5.10 Å². The van der Waals surface area contributed by atoms with Gasteiger partial charge in [0.25, 0.3) is 15.9 Å². The van der Waals surface area contributed by atoms with Gasteiger partial charge >= 0.3 is 0 Å². The van der Waals surface area contributed by atoms with Gasteiger partial charge in [-0.15, -0.1) is 11.3 Å². The Balaban J connectivity index is 1.16. The third-order valence-electron chi connectivity index (χ3n) is 5.27. The zero-order valence-corrected chi connectivity index (χ0v) is 20.9. The first kappa shape index (κ1) is 24.2. The first-order chi connectivity index (χ1) is 18.0. The van der Waals surface area contributed by atoms with Gasteiger partial charge < -0.3 is 10.1 Å². The molecule has 0 atom stereocenters. The van der Waals surface area contributed by atoms with Crippen LogP contribution in [0.3, 0.4) is 0 Å². The van der Waals surface area contributed by atoms with Crippen LogP contribution in [0, 0.1) is 0 Å². The molecule has 2 N–H and O–H groups in total. The van der Waals surface area contributed by atoms with Gasteiger partial charge in [-0.25, -0.2) is 18.1 Å². The lowest BCUT2D eigenvalue weighted by Crippen LogP contribution is -2.15. The van der Waals surface area contributed by atoms with Crippen molar-refractivity contribution in [3.8, 4) is 16.9 Å². The molecular formula is C26H21N5O4S2. The second kappa shape index (κ2) is 10.6. The van der Waals surface area contributed by atoms with Crippen LogP contribution in [0.25, 0.3) is 11.1 Å². The minimum atomic E-state index is -3.77. The summed E-state index contributed by atoms with van der Waals surface area (Å²) in [6.07, 6.45) is 3.16. The van der Waals surface area contributed by atoms with Gasteiger partial charge in [-0.05, 0) is 53.6 Å². The number of nitrogens with one attached hydrogen (secondary N) is 2. The topological polar surface area (TPSA) is 115 Å². The molecule has 0 aliphatic heterocycles. The van der Waals surface area contributed by atoms with E-state index in [4.69, 9.17) is 4.74 Å². The highest BCUT2D eigenvalue weighted by Gasteiger charge is 2.16. The molecule has 0 fully saturated rings. The lowest BCUT2D eigenvalue weighted by Gasteiger charge is -2.08. The van der Waals surface area contributed by atoms with Crippen LogP contribution in [0.4, 0.5) is 10.8 Å². The summed E-state index contributed by atoms with van der Waals surface area (Å²) in [5.74, 6) is 0.253. The molecule has 0 saturated carbocycles. The Morgan fingerprint density at radius 1 is 0.919 bits per heavy atom. The molecule has 1 amide bonds. The van der Waals surface area contributed by atoms with Crippen molar-refractivity contribution in [3.63, 3.8) is 0 Å². The molecule has 11 heteroatoms. The number of aromatic nitrogens is 3. The molecule has 0 unspecified atom stereocenters. The monoisotopic (exact) mass is 531 g/mol. The van der Waals surface area contributed by atoms with Crippen molar-refractivity contribution >= 4 is 38.1 Å². The summed E-state index contributed by atoms with van der Waals surface area (Å²) >= 11 is 1.18. The molecule has 0 aliphatic carbocycles. The molecule has 0 radical (unpaired) electrons. The number of benzene rings is 3. The van der Waals surface area contributed by atoms with E-state index in [1.54, 1.807) is 17.6 Å². The maximum atomic E-state index is 12.6. The van der Waals surface area contributed by atoms with Crippen molar-refractivity contribution in [2.24, 2.45) is 0 Å². The number of carbonyl (C=O) groups is 1. The molecule has 0 aliphatic rings. The number of nitrogens with zero attached hydrogens (tertiary/aromatic N) is 3. The van der Waals surface area contributed by atoms with Crippen LogP contribution in [0.5, 0.6) is 5.75 Å². The van der Waals surface area contributed by atoms with E-state index >= 15 is 0 Å². The fraction of sp³-hybridized carbons (Fsp3) is 0.0385. The highest BCUT2D eigenvalue weighted by atomic mass is 32.2. The number of rotatable bonds is 9. The predicted molar refractivity (Wildman–Crippen MR) is 142 cm³/mol. The van der Waals surface area contributed by atoms with Crippen LogP contribution < -0.4 is 14.8 Å². The van der Waals surface area contributed by atoms with E-state index in [0.29, 0.717) is 11.4 Å². The number of amides is 1. The van der Waals surface area contributed by atoms with Gasteiger partial charge in [0, 0.05) is 23.5 Å². The van der Waals surface area contributed by atoms with Crippen LogP contribution in [0.15, 0.2) is 108 Å². The van der Waals surface area contributed by atoms with Crippen LogP contribution in [-0.2, 0) is 16.8 Å². The molecule has 2 heterocycles. The summed E-state index contributed by atoms with van der Waals surface area (Å²) in [5.41, 5.74) is 2.85. The second-order valence-electron chi connectivity index (χ2n) is 7.83. The molecule has 0 spiro atoms. The summed E-state index contributed by atoms with van der Waals surface area (Å²) in [6, 6.07) is 25.2. The minimum Gasteiger partial charge on any atom is -0.471 e. The maximum Gasteiger partial charge on any atom is 0.276 e. The number of carbonyl (C=O) groups excluding carboxylic acids is 1. The predicted octanol–water partition coefficient (Wildman–Crippen LogP) is 5.10. The number of hydrogen-bond acceptors (Lipinski definition) is 7. The van der Waals surface area contributed by atoms with Crippen LogP contribution in [0.1, 0.15) is 10.5 Å². The average Bonchev–Trinajstić information content (AvgIpc) is 3.61. The van der Waals surface area contributed by atoms with Crippen molar-refractivity contribution < 1.29 is 17.9 Å². The van der Waals surface area contributed by atoms with E-state index in [-0.39, 0.29) is 22.5 Å². The van der Waals surface area contributed by atoms with Crippen LogP contribution >= 0.6 is 11.3 Å². The van der Waals surface area contributed by atoms with E-state index in [1.807, 2.05) is 54.6 Å². The first-order valence-corrected chi connectivity index (χ1v) is 13.5. The minimum absolute atomic E-state index is 0.0546. The van der Waals surface area contributed by atoms with E-state index < -0.39 is 15.9 Å². The Hall–Kier alpha value is -4.48. The smallest absolute Gasteiger partial charge is 0.276 e. The molecule has 9 nitrogen and oxygen atoms in total. The highest BCUT2D eigenvalue weighted by molar-refractivity contribution is 7.93. The van der Waals surface area contributed by atoms with Gasteiger partial charge in [-0.3, -0.25) is 9.52 Å². The number of thiazole rings is 1. The van der Waals surface area contributed by atoms with E-state index in [2.05, 4.69) is 20.1 Å². The summed E-state index contributed by atoms with van der Waals surface area (Å²) in [5, 5.41) is 8.92. The molecule has 0 bridgehead atoms. The number of ether oxygens (including phenoxy) is 1. The van der Waals surface area contributed by atoms with Crippen LogP contribution in [-0.4, -0.2) is 29.1 Å². The summed E-state index contributed by atoms with van der Waals surface area (Å²) < 4.78 is 34.6. The summed E-state index contributed by atoms with van der Waals surface area (Å²) in [7, 11) is -3.77. The molecule has 5 rings (SSSR count). The maximum absolute atomic E-state index is 12.6. The van der Waals surface area contributed by atoms with Crippen molar-refractivity contribution in [2.45, 2.75) is 11.6 Å². The number of anilines is 2. The molecule has 0 saturated heterocycles. The molecule has 37 heavy (non-hydrogen) atoms. The Kier molecular flexibility index (Phi) is 6.97. The zero-order valence-electron chi connectivity index (χ0n) is 19.3. The van der Waals surface area contributed by atoms with E-state index in [0.717, 1.165) is 11.1 Å². The molecular weight excluding hydrogens is 510 g/mol. The number of hydrogen-bond donors (Lipinski definition) is 2. The lowest BCUT2D eigenvalue weighted by molar-refractivity contribution is 0.102. The Morgan fingerprint density at radius 3 is 2.35 bits per heavy atom. The third-order valence-corrected chi connectivity index (χ3v) is 7.45. The Labute approximate surface area is 217 Å². The van der Waals surface area contributed by atoms with Gasteiger partial charge in [0.15, 0.2) is 17.6 Å². The first-order valence-electron chi connectivity index (χ1n) is 11.1. The van der Waals surface area contributed by atoms with Crippen molar-refractivity contribution in [1.29, 1.82) is 0 Å². The molecule has 5 aromatic rings. The summed E-state index contributed by atoms with van der Waals surface area (Å²) in [4.78, 5) is 16.6. The van der Waals surface area contributed by atoms with Gasteiger partial charge in [0.2, 0.25) is 0 Å². The number of sulfonamides is 1. The van der Waals surface area contributed by atoms with Gasteiger partial charge in [0.1, 0.15) is 5.75 Å². The fourth-order valence-electron chi connectivity index (χ4n) is 3.43. The van der Waals surface area contributed by atoms with Crippen molar-refractivity contribution in [1.82, 2.24) is 14.8 Å². The Bertz CT molecular complexity index is 1580. The van der Waals surface area contributed by atoms with Gasteiger partial charge in [0.05, 0.1) is 4.90 Å². The summed E-state index contributed by atoms with van der Waals surface area (Å²) in [6.45, 7) is 0.136. The quantitative estimate of drug-likeness (QED) is 0.274. The van der Waals surface area contributed by atoms with Crippen molar-refractivity contribution in [3.05, 3.63) is 108 Å². The second-order valence-corrected chi connectivity index (χ2v) is 10.4. The average molecular weight is 532 g/mol. The van der Waals surface area contributed by atoms with E-state index in [9.17, 15) is 13.2 Å². The third kappa shape index (κ3) is 6.02. The normalized spacial score (nSPS) is 11.1. The van der Waals surface area contributed by atoms with Crippen molar-refractivity contribution in [2.75, 3.05) is 10.0 Å². The zero-order chi connectivity index (χ0) is 25.7. The SMILES string of the molecule is O=C(Nc1ccc(S(=O)(=O)Nc2nccs2)cc1)c1ccn(COc2ccc(-c3ccccc3)cc2)n1. The molecule has 2 aromatic heterocycles.